The number of rotatable bonds is 5. The highest BCUT2D eigenvalue weighted by Crippen LogP contribution is 2.17. The molecule has 0 saturated heterocycles. The van der Waals surface area contributed by atoms with Crippen LogP contribution in [0.4, 0.5) is 0 Å². The van der Waals surface area contributed by atoms with E-state index in [0.29, 0.717) is 6.54 Å². The second-order valence-corrected chi connectivity index (χ2v) is 5.16. The minimum absolute atomic E-state index is 0.338. The molecule has 1 atom stereocenters. The molecule has 0 aliphatic rings. The fourth-order valence-electron chi connectivity index (χ4n) is 1.44. The Morgan fingerprint density at radius 2 is 2.31 bits per heavy atom. The van der Waals surface area contributed by atoms with E-state index in [1.807, 2.05) is 34.3 Å². The zero-order valence-corrected chi connectivity index (χ0v) is 10.2. The van der Waals surface area contributed by atoms with Crippen molar-refractivity contribution in [1.82, 2.24) is 5.32 Å². The Hall–Kier alpha value is -1.17. The summed E-state index contributed by atoms with van der Waals surface area (Å²) in [7, 11) is 0. The van der Waals surface area contributed by atoms with Crippen molar-refractivity contribution in [2.45, 2.75) is 12.6 Å². The van der Waals surface area contributed by atoms with Crippen LogP contribution in [0.1, 0.15) is 16.5 Å². The number of hydrogen-bond donors (Lipinski definition) is 2. The molecule has 0 aliphatic carbocycles. The fraction of sp³-hybridized carbons (Fsp3) is 0.182. The van der Waals surface area contributed by atoms with Crippen LogP contribution < -0.4 is 11.1 Å². The summed E-state index contributed by atoms with van der Waals surface area (Å²) < 4.78 is 0. The number of primary amides is 1. The molecule has 5 heteroatoms. The maximum Gasteiger partial charge on any atom is 0.239 e. The Morgan fingerprint density at radius 3 is 2.88 bits per heavy atom. The standard InChI is InChI=1S/C11H12N2OS2/c12-11(14)10(8-3-5-15-7-8)13-6-9-2-1-4-16-9/h1-5,7,10,13H,6H2,(H2,12,14). The largest absolute Gasteiger partial charge is 0.368 e. The number of carbonyl (C=O) groups is 1. The van der Waals surface area contributed by atoms with Gasteiger partial charge in [-0.1, -0.05) is 6.07 Å². The summed E-state index contributed by atoms with van der Waals surface area (Å²) in [5.41, 5.74) is 6.31. The zero-order chi connectivity index (χ0) is 11.4. The van der Waals surface area contributed by atoms with Gasteiger partial charge in [0, 0.05) is 11.4 Å². The third-order valence-electron chi connectivity index (χ3n) is 2.22. The Bertz CT molecular complexity index is 437. The van der Waals surface area contributed by atoms with E-state index < -0.39 is 6.04 Å². The van der Waals surface area contributed by atoms with Gasteiger partial charge in [-0.05, 0) is 33.8 Å². The van der Waals surface area contributed by atoms with Crippen LogP contribution in [0.15, 0.2) is 34.3 Å². The van der Waals surface area contributed by atoms with Crippen LogP contribution >= 0.6 is 22.7 Å². The predicted molar refractivity (Wildman–Crippen MR) is 67.4 cm³/mol. The van der Waals surface area contributed by atoms with E-state index in [4.69, 9.17) is 5.73 Å². The van der Waals surface area contributed by atoms with Gasteiger partial charge in [-0.25, -0.2) is 0 Å². The van der Waals surface area contributed by atoms with E-state index in [0.717, 1.165) is 5.56 Å². The Morgan fingerprint density at radius 1 is 1.44 bits per heavy atom. The first-order chi connectivity index (χ1) is 7.77. The molecule has 3 nitrogen and oxygen atoms in total. The highest BCUT2D eigenvalue weighted by molar-refractivity contribution is 7.09. The second-order valence-electron chi connectivity index (χ2n) is 3.35. The van der Waals surface area contributed by atoms with Crippen molar-refractivity contribution in [2.24, 2.45) is 5.73 Å². The molecular formula is C11H12N2OS2. The van der Waals surface area contributed by atoms with Crippen molar-refractivity contribution in [1.29, 1.82) is 0 Å². The first-order valence-corrected chi connectivity index (χ1v) is 6.67. The number of amides is 1. The quantitative estimate of drug-likeness (QED) is 0.856. The lowest BCUT2D eigenvalue weighted by molar-refractivity contribution is -0.120. The van der Waals surface area contributed by atoms with Gasteiger partial charge in [-0.2, -0.15) is 11.3 Å². The van der Waals surface area contributed by atoms with Crippen LogP contribution in [0.5, 0.6) is 0 Å². The molecule has 2 heterocycles. The molecule has 2 rings (SSSR count). The second kappa shape index (κ2) is 5.25. The van der Waals surface area contributed by atoms with Crippen LogP contribution in [-0.2, 0) is 11.3 Å². The highest BCUT2D eigenvalue weighted by atomic mass is 32.1. The molecule has 16 heavy (non-hydrogen) atoms. The van der Waals surface area contributed by atoms with Crippen LogP contribution in [0.3, 0.4) is 0 Å². The summed E-state index contributed by atoms with van der Waals surface area (Å²) in [6, 6.07) is 5.55. The lowest BCUT2D eigenvalue weighted by Gasteiger charge is -2.13. The number of thiophene rings is 2. The molecule has 2 aromatic heterocycles. The van der Waals surface area contributed by atoms with Gasteiger partial charge in [0.2, 0.25) is 5.91 Å². The molecular weight excluding hydrogens is 240 g/mol. The van der Waals surface area contributed by atoms with Crippen LogP contribution in [0.2, 0.25) is 0 Å². The molecule has 0 fully saturated rings. The molecule has 0 spiro atoms. The highest BCUT2D eigenvalue weighted by Gasteiger charge is 2.17. The lowest BCUT2D eigenvalue weighted by atomic mass is 10.1. The van der Waals surface area contributed by atoms with E-state index in [1.54, 1.807) is 22.7 Å². The first kappa shape index (κ1) is 11.3. The van der Waals surface area contributed by atoms with Gasteiger partial charge >= 0.3 is 0 Å². The van der Waals surface area contributed by atoms with Gasteiger partial charge in [0.1, 0.15) is 6.04 Å². The lowest BCUT2D eigenvalue weighted by Crippen LogP contribution is -2.32. The third-order valence-corrected chi connectivity index (χ3v) is 3.80. The third kappa shape index (κ3) is 2.69. The molecule has 84 valence electrons. The molecule has 0 aliphatic heterocycles. The fourth-order valence-corrected chi connectivity index (χ4v) is 2.78. The Labute approximate surface area is 102 Å². The molecule has 0 saturated carbocycles. The monoisotopic (exact) mass is 252 g/mol. The molecule has 1 amide bonds. The number of carbonyl (C=O) groups excluding carboxylic acids is 1. The van der Waals surface area contributed by atoms with Crippen molar-refractivity contribution < 1.29 is 4.79 Å². The van der Waals surface area contributed by atoms with Gasteiger partial charge in [-0.15, -0.1) is 11.3 Å². The van der Waals surface area contributed by atoms with Crippen LogP contribution in [-0.4, -0.2) is 5.91 Å². The average molecular weight is 252 g/mol. The minimum Gasteiger partial charge on any atom is -0.368 e. The number of hydrogen-bond acceptors (Lipinski definition) is 4. The average Bonchev–Trinajstić information content (AvgIpc) is 2.88. The Balaban J connectivity index is 2.02. The summed E-state index contributed by atoms with van der Waals surface area (Å²) in [5, 5.41) is 9.07. The Kier molecular flexibility index (Phi) is 3.71. The van der Waals surface area contributed by atoms with Gasteiger partial charge in [0.25, 0.3) is 0 Å². The van der Waals surface area contributed by atoms with E-state index in [1.165, 1.54) is 4.88 Å². The van der Waals surface area contributed by atoms with E-state index in [9.17, 15) is 4.79 Å². The summed E-state index contributed by atoms with van der Waals surface area (Å²) in [4.78, 5) is 12.5. The van der Waals surface area contributed by atoms with Crippen LogP contribution in [0, 0.1) is 0 Å². The van der Waals surface area contributed by atoms with Crippen molar-refractivity contribution >= 4 is 28.6 Å². The van der Waals surface area contributed by atoms with Gasteiger partial charge in [-0.3, -0.25) is 10.1 Å². The molecule has 1 unspecified atom stereocenters. The summed E-state index contributed by atoms with van der Waals surface area (Å²) in [6.07, 6.45) is 0. The summed E-state index contributed by atoms with van der Waals surface area (Å²) >= 11 is 3.23. The smallest absolute Gasteiger partial charge is 0.239 e. The topological polar surface area (TPSA) is 55.1 Å². The van der Waals surface area contributed by atoms with Gasteiger partial charge < -0.3 is 5.73 Å². The molecule has 0 aromatic carbocycles. The zero-order valence-electron chi connectivity index (χ0n) is 8.55. The maximum atomic E-state index is 11.3. The maximum absolute atomic E-state index is 11.3. The van der Waals surface area contributed by atoms with E-state index >= 15 is 0 Å². The molecule has 2 aromatic rings. The molecule has 3 N–H and O–H groups in total. The summed E-state index contributed by atoms with van der Waals surface area (Å²) in [6.45, 7) is 0.668. The van der Waals surface area contributed by atoms with Crippen molar-refractivity contribution in [3.05, 3.63) is 44.8 Å². The summed E-state index contributed by atoms with van der Waals surface area (Å²) in [5.74, 6) is -0.338. The number of nitrogens with one attached hydrogen (secondary N) is 1. The minimum atomic E-state index is -0.395. The number of nitrogens with two attached hydrogens (primary N) is 1. The van der Waals surface area contributed by atoms with Gasteiger partial charge in [0.05, 0.1) is 0 Å². The normalized spacial score (nSPS) is 12.5. The van der Waals surface area contributed by atoms with Crippen LogP contribution in [0.25, 0.3) is 0 Å². The molecule has 0 radical (unpaired) electrons. The molecule has 0 bridgehead atoms. The van der Waals surface area contributed by atoms with Crippen molar-refractivity contribution in [3.8, 4) is 0 Å². The van der Waals surface area contributed by atoms with E-state index in [2.05, 4.69) is 5.32 Å². The first-order valence-electron chi connectivity index (χ1n) is 4.84. The SMILES string of the molecule is NC(=O)C(NCc1cccs1)c1ccsc1. The van der Waals surface area contributed by atoms with Crippen molar-refractivity contribution in [3.63, 3.8) is 0 Å². The predicted octanol–water partition coefficient (Wildman–Crippen LogP) is 2.13. The van der Waals surface area contributed by atoms with Gasteiger partial charge in [0.15, 0.2) is 0 Å². The van der Waals surface area contributed by atoms with Crippen molar-refractivity contribution in [2.75, 3.05) is 0 Å². The van der Waals surface area contributed by atoms with E-state index in [-0.39, 0.29) is 5.91 Å².